The number of hydrogen-bond acceptors (Lipinski definition) is 3. The Morgan fingerprint density at radius 1 is 1.43 bits per heavy atom. The maximum Gasteiger partial charge on any atom is 0.242 e. The SMILES string of the molecule is O=C1C(CO)NCCN1C1CCCC1. The average molecular weight is 198 g/mol. The summed E-state index contributed by atoms with van der Waals surface area (Å²) in [5, 5.41) is 12.0. The Kier molecular flexibility index (Phi) is 3.03. The van der Waals surface area contributed by atoms with Crippen LogP contribution in [0.2, 0.25) is 0 Å². The van der Waals surface area contributed by atoms with E-state index in [9.17, 15) is 4.79 Å². The van der Waals surface area contributed by atoms with Crippen LogP contribution in [0.3, 0.4) is 0 Å². The van der Waals surface area contributed by atoms with E-state index in [2.05, 4.69) is 5.32 Å². The van der Waals surface area contributed by atoms with Crippen LogP contribution in [-0.2, 0) is 4.79 Å². The summed E-state index contributed by atoms with van der Waals surface area (Å²) >= 11 is 0. The summed E-state index contributed by atoms with van der Waals surface area (Å²) in [6.07, 6.45) is 4.77. The molecule has 4 heteroatoms. The van der Waals surface area contributed by atoms with Crippen LogP contribution in [0, 0.1) is 0 Å². The Morgan fingerprint density at radius 3 is 2.79 bits per heavy atom. The summed E-state index contributed by atoms with van der Waals surface area (Å²) in [5.74, 6) is 0.0886. The van der Waals surface area contributed by atoms with E-state index in [0.717, 1.165) is 25.9 Å². The Morgan fingerprint density at radius 2 is 2.14 bits per heavy atom. The highest BCUT2D eigenvalue weighted by Crippen LogP contribution is 2.24. The number of nitrogens with one attached hydrogen (secondary N) is 1. The van der Waals surface area contributed by atoms with Crippen molar-refractivity contribution in [2.75, 3.05) is 19.7 Å². The lowest BCUT2D eigenvalue weighted by atomic mass is 10.1. The molecule has 2 rings (SSSR count). The van der Waals surface area contributed by atoms with Crippen LogP contribution in [0.25, 0.3) is 0 Å². The van der Waals surface area contributed by atoms with Gasteiger partial charge in [-0.2, -0.15) is 0 Å². The van der Waals surface area contributed by atoms with Gasteiger partial charge in [0.2, 0.25) is 5.91 Å². The molecule has 2 fully saturated rings. The number of nitrogens with zero attached hydrogens (tertiary/aromatic N) is 1. The molecule has 0 aromatic heterocycles. The van der Waals surface area contributed by atoms with Crippen LogP contribution < -0.4 is 5.32 Å². The molecule has 1 unspecified atom stereocenters. The second-order valence-corrected chi connectivity index (χ2v) is 4.16. The lowest BCUT2D eigenvalue weighted by Gasteiger charge is -2.36. The van der Waals surface area contributed by atoms with Crippen LogP contribution in [0.5, 0.6) is 0 Å². The van der Waals surface area contributed by atoms with Gasteiger partial charge in [-0.05, 0) is 12.8 Å². The Hall–Kier alpha value is -0.610. The molecule has 80 valence electrons. The molecule has 1 heterocycles. The van der Waals surface area contributed by atoms with Gasteiger partial charge < -0.3 is 15.3 Å². The number of aliphatic hydroxyl groups is 1. The minimum absolute atomic E-state index is 0.0813. The molecule has 14 heavy (non-hydrogen) atoms. The van der Waals surface area contributed by atoms with Crippen molar-refractivity contribution < 1.29 is 9.90 Å². The van der Waals surface area contributed by atoms with Gasteiger partial charge in [-0.15, -0.1) is 0 Å². The molecule has 0 bridgehead atoms. The zero-order valence-electron chi connectivity index (χ0n) is 8.41. The maximum absolute atomic E-state index is 11.8. The van der Waals surface area contributed by atoms with Crippen molar-refractivity contribution in [3.63, 3.8) is 0 Å². The van der Waals surface area contributed by atoms with E-state index in [4.69, 9.17) is 5.11 Å². The van der Waals surface area contributed by atoms with E-state index in [1.165, 1.54) is 12.8 Å². The van der Waals surface area contributed by atoms with Gasteiger partial charge in [-0.1, -0.05) is 12.8 Å². The summed E-state index contributed by atoms with van der Waals surface area (Å²) in [5.41, 5.74) is 0. The molecule has 2 aliphatic rings. The predicted molar refractivity (Wildman–Crippen MR) is 52.8 cm³/mol. The van der Waals surface area contributed by atoms with Gasteiger partial charge in [-0.3, -0.25) is 4.79 Å². The van der Waals surface area contributed by atoms with Crippen LogP contribution in [-0.4, -0.2) is 47.7 Å². The third-order valence-electron chi connectivity index (χ3n) is 3.27. The van der Waals surface area contributed by atoms with Gasteiger partial charge >= 0.3 is 0 Å². The molecule has 1 saturated heterocycles. The zero-order chi connectivity index (χ0) is 9.97. The lowest BCUT2D eigenvalue weighted by molar-refractivity contribution is -0.139. The van der Waals surface area contributed by atoms with E-state index in [-0.39, 0.29) is 18.6 Å². The molecule has 0 aromatic rings. The van der Waals surface area contributed by atoms with Crippen molar-refractivity contribution in [3.8, 4) is 0 Å². The quantitative estimate of drug-likeness (QED) is 0.642. The number of piperazine rings is 1. The molecule has 1 atom stereocenters. The molecular formula is C10H18N2O2. The Bertz CT molecular complexity index is 214. The smallest absolute Gasteiger partial charge is 0.242 e. The van der Waals surface area contributed by atoms with Crippen molar-refractivity contribution in [1.29, 1.82) is 0 Å². The number of hydrogen-bond donors (Lipinski definition) is 2. The Balaban J connectivity index is 1.99. The fourth-order valence-electron chi connectivity index (χ4n) is 2.48. The first kappa shape index (κ1) is 9.93. The maximum atomic E-state index is 11.8. The van der Waals surface area contributed by atoms with E-state index in [0.29, 0.717) is 6.04 Å². The number of carbonyl (C=O) groups is 1. The zero-order valence-corrected chi connectivity index (χ0v) is 8.41. The molecule has 1 aliphatic heterocycles. The second kappa shape index (κ2) is 4.28. The van der Waals surface area contributed by atoms with Gasteiger partial charge in [0.1, 0.15) is 6.04 Å². The summed E-state index contributed by atoms with van der Waals surface area (Å²) in [6, 6.07) is 0.0861. The van der Waals surface area contributed by atoms with Crippen LogP contribution in [0.15, 0.2) is 0 Å². The fourth-order valence-corrected chi connectivity index (χ4v) is 2.48. The van der Waals surface area contributed by atoms with Gasteiger partial charge in [0, 0.05) is 19.1 Å². The highest BCUT2D eigenvalue weighted by molar-refractivity contribution is 5.83. The molecule has 1 aliphatic carbocycles. The summed E-state index contributed by atoms with van der Waals surface area (Å²) in [6.45, 7) is 1.54. The lowest BCUT2D eigenvalue weighted by Crippen LogP contribution is -2.58. The molecule has 1 amide bonds. The van der Waals surface area contributed by atoms with Crippen LogP contribution in [0.4, 0.5) is 0 Å². The first-order valence-electron chi connectivity index (χ1n) is 5.47. The number of aliphatic hydroxyl groups excluding tert-OH is 1. The van der Waals surface area contributed by atoms with E-state index >= 15 is 0 Å². The third-order valence-corrected chi connectivity index (χ3v) is 3.27. The predicted octanol–water partition coefficient (Wildman–Crippen LogP) is -0.278. The molecular weight excluding hydrogens is 180 g/mol. The van der Waals surface area contributed by atoms with Gasteiger partial charge in [-0.25, -0.2) is 0 Å². The topological polar surface area (TPSA) is 52.6 Å². The normalized spacial score (nSPS) is 29.9. The molecule has 1 saturated carbocycles. The van der Waals surface area contributed by atoms with Gasteiger partial charge in [0.25, 0.3) is 0 Å². The monoisotopic (exact) mass is 198 g/mol. The van der Waals surface area contributed by atoms with Crippen molar-refractivity contribution in [3.05, 3.63) is 0 Å². The average Bonchev–Trinajstić information content (AvgIpc) is 2.71. The van der Waals surface area contributed by atoms with E-state index in [1.54, 1.807) is 0 Å². The van der Waals surface area contributed by atoms with Crippen LogP contribution >= 0.6 is 0 Å². The van der Waals surface area contributed by atoms with E-state index in [1.807, 2.05) is 4.90 Å². The van der Waals surface area contributed by atoms with Crippen LogP contribution in [0.1, 0.15) is 25.7 Å². The minimum atomic E-state index is -0.357. The summed E-state index contributed by atoms with van der Waals surface area (Å²) in [7, 11) is 0. The highest BCUT2D eigenvalue weighted by atomic mass is 16.3. The summed E-state index contributed by atoms with van der Waals surface area (Å²) in [4.78, 5) is 13.8. The molecule has 0 radical (unpaired) electrons. The van der Waals surface area contributed by atoms with Gasteiger partial charge in [0.05, 0.1) is 6.61 Å². The minimum Gasteiger partial charge on any atom is -0.394 e. The largest absolute Gasteiger partial charge is 0.394 e. The van der Waals surface area contributed by atoms with Crippen molar-refractivity contribution in [2.45, 2.75) is 37.8 Å². The Labute approximate surface area is 84.3 Å². The van der Waals surface area contributed by atoms with E-state index < -0.39 is 0 Å². The number of rotatable bonds is 2. The first-order valence-corrected chi connectivity index (χ1v) is 5.47. The van der Waals surface area contributed by atoms with Crippen molar-refractivity contribution >= 4 is 5.91 Å². The second-order valence-electron chi connectivity index (χ2n) is 4.16. The summed E-state index contributed by atoms with van der Waals surface area (Å²) < 4.78 is 0. The van der Waals surface area contributed by atoms with Crippen molar-refractivity contribution in [1.82, 2.24) is 10.2 Å². The molecule has 4 nitrogen and oxygen atoms in total. The molecule has 0 aromatic carbocycles. The van der Waals surface area contributed by atoms with Crippen molar-refractivity contribution in [2.24, 2.45) is 0 Å². The highest BCUT2D eigenvalue weighted by Gasteiger charge is 2.33. The number of amides is 1. The standard InChI is InChI=1S/C10H18N2O2/c13-7-9-10(14)12(6-5-11-9)8-3-1-2-4-8/h8-9,11,13H,1-7H2. The molecule has 2 N–H and O–H groups in total. The van der Waals surface area contributed by atoms with Gasteiger partial charge in [0.15, 0.2) is 0 Å². The first-order chi connectivity index (χ1) is 6.83. The third kappa shape index (κ3) is 1.77. The number of carbonyl (C=O) groups excluding carboxylic acids is 1. The molecule has 0 spiro atoms. The fraction of sp³-hybridized carbons (Fsp3) is 0.900.